The second-order valence-corrected chi connectivity index (χ2v) is 5.06. The van der Waals surface area contributed by atoms with Crippen molar-refractivity contribution in [2.24, 2.45) is 5.41 Å². The van der Waals surface area contributed by atoms with E-state index in [2.05, 4.69) is 5.32 Å². The first-order chi connectivity index (χ1) is 6.25. The van der Waals surface area contributed by atoms with Crippen LogP contribution in [0.25, 0.3) is 0 Å². The monoisotopic (exact) mass is 221 g/mol. The van der Waals surface area contributed by atoms with E-state index < -0.39 is 5.41 Å². The molecule has 1 N–H and O–H groups in total. The lowest BCUT2D eigenvalue weighted by Gasteiger charge is -2.30. The van der Waals surface area contributed by atoms with Gasteiger partial charge in [0.05, 0.1) is 17.6 Å². The zero-order valence-electron chi connectivity index (χ0n) is 9.61. The summed E-state index contributed by atoms with van der Waals surface area (Å²) < 4.78 is 5.01. The predicted molar refractivity (Wildman–Crippen MR) is 58.6 cm³/mol. The third kappa shape index (κ3) is 4.29. The molecule has 0 bridgehead atoms. The van der Waals surface area contributed by atoms with Crippen LogP contribution in [0.4, 0.5) is 0 Å². The van der Waals surface area contributed by atoms with Crippen LogP contribution < -0.4 is 5.32 Å². The van der Waals surface area contributed by atoms with E-state index in [0.717, 1.165) is 0 Å². The third-order valence-corrected chi connectivity index (χ3v) is 2.57. The van der Waals surface area contributed by atoms with Gasteiger partial charge in [-0.3, -0.25) is 4.79 Å². The predicted octanol–water partition coefficient (Wildman–Crippen LogP) is 1.79. The highest BCUT2D eigenvalue weighted by molar-refractivity contribution is 6.19. The lowest BCUT2D eigenvalue weighted by atomic mass is 9.93. The normalized spacial score (nSPS) is 12.7. The van der Waals surface area contributed by atoms with E-state index in [1.54, 1.807) is 7.11 Å². The minimum absolute atomic E-state index is 0.0467. The first-order valence-corrected chi connectivity index (χ1v) is 5.16. The van der Waals surface area contributed by atoms with Crippen molar-refractivity contribution in [2.75, 3.05) is 19.6 Å². The van der Waals surface area contributed by atoms with Gasteiger partial charge in [-0.2, -0.15) is 0 Å². The molecule has 0 rings (SSSR count). The Balaban J connectivity index is 4.31. The van der Waals surface area contributed by atoms with E-state index in [0.29, 0.717) is 12.5 Å². The molecule has 84 valence electrons. The second-order valence-electron chi connectivity index (χ2n) is 4.79. The maximum atomic E-state index is 11.7. The Morgan fingerprint density at radius 1 is 1.36 bits per heavy atom. The number of methoxy groups -OCH3 is 1. The van der Waals surface area contributed by atoms with Crippen molar-refractivity contribution in [3.63, 3.8) is 0 Å². The lowest BCUT2D eigenvalue weighted by molar-refractivity contribution is -0.130. The summed E-state index contributed by atoms with van der Waals surface area (Å²) >= 11 is 5.70. The second kappa shape index (κ2) is 4.99. The van der Waals surface area contributed by atoms with Gasteiger partial charge >= 0.3 is 0 Å². The molecule has 14 heavy (non-hydrogen) atoms. The highest BCUT2D eigenvalue weighted by atomic mass is 35.5. The molecular formula is C10H20ClNO2. The summed E-state index contributed by atoms with van der Waals surface area (Å²) in [6.45, 7) is 7.95. The summed E-state index contributed by atoms with van der Waals surface area (Å²) in [6.07, 6.45) is 0. The highest BCUT2D eigenvalue weighted by Gasteiger charge is 2.31. The van der Waals surface area contributed by atoms with Crippen LogP contribution in [-0.4, -0.2) is 31.0 Å². The molecule has 0 spiro atoms. The lowest BCUT2D eigenvalue weighted by Crippen LogP contribution is -2.51. The van der Waals surface area contributed by atoms with Crippen LogP contribution in [0.1, 0.15) is 27.7 Å². The van der Waals surface area contributed by atoms with Crippen LogP contribution in [0.2, 0.25) is 0 Å². The topological polar surface area (TPSA) is 38.3 Å². The van der Waals surface area contributed by atoms with E-state index in [1.165, 1.54) is 0 Å². The summed E-state index contributed by atoms with van der Waals surface area (Å²) in [7, 11) is 1.61. The molecule has 0 aromatic carbocycles. The Labute approximate surface area is 91.2 Å². The first kappa shape index (κ1) is 13.7. The van der Waals surface area contributed by atoms with Crippen LogP contribution in [-0.2, 0) is 9.53 Å². The number of hydrogen-bond donors (Lipinski definition) is 1. The molecule has 1 amide bonds. The van der Waals surface area contributed by atoms with Gasteiger partial charge in [0.15, 0.2) is 0 Å². The van der Waals surface area contributed by atoms with Gasteiger partial charge in [0, 0.05) is 13.0 Å². The fraction of sp³-hybridized carbons (Fsp3) is 0.900. The molecule has 0 aliphatic carbocycles. The number of nitrogens with one attached hydrogen (secondary N) is 1. The number of carbonyl (C=O) groups excluding carboxylic acids is 1. The van der Waals surface area contributed by atoms with E-state index in [1.807, 2.05) is 27.7 Å². The number of alkyl halides is 1. The maximum absolute atomic E-state index is 11.7. The molecule has 3 nitrogen and oxygen atoms in total. The van der Waals surface area contributed by atoms with E-state index in [-0.39, 0.29) is 11.4 Å². The Bertz CT molecular complexity index is 202. The van der Waals surface area contributed by atoms with E-state index in [4.69, 9.17) is 16.3 Å². The third-order valence-electron chi connectivity index (χ3n) is 1.91. The number of halogens is 1. The number of rotatable bonds is 5. The Morgan fingerprint density at radius 2 is 1.86 bits per heavy atom. The molecule has 0 aromatic rings. The molecule has 0 aliphatic heterocycles. The number of hydrogen-bond acceptors (Lipinski definition) is 2. The summed E-state index contributed by atoms with van der Waals surface area (Å²) in [6, 6.07) is 0. The smallest absolute Gasteiger partial charge is 0.227 e. The summed E-state index contributed by atoms with van der Waals surface area (Å²) in [5, 5.41) is 2.90. The minimum atomic E-state index is -0.535. The quantitative estimate of drug-likeness (QED) is 0.719. The minimum Gasteiger partial charge on any atom is -0.382 e. The molecule has 0 atom stereocenters. The average Bonchev–Trinajstić information content (AvgIpc) is 2.03. The fourth-order valence-electron chi connectivity index (χ4n) is 0.934. The Morgan fingerprint density at radius 3 is 2.21 bits per heavy atom. The SMILES string of the molecule is COCC(C)(C)NC(=O)C(C)(C)CCl. The maximum Gasteiger partial charge on any atom is 0.227 e. The van der Waals surface area contributed by atoms with Gasteiger partial charge < -0.3 is 10.1 Å². The molecule has 0 radical (unpaired) electrons. The van der Waals surface area contributed by atoms with Crippen LogP contribution in [0.15, 0.2) is 0 Å². The zero-order chi connectivity index (χ0) is 11.4. The number of carbonyl (C=O) groups is 1. The van der Waals surface area contributed by atoms with Crippen LogP contribution in [0.3, 0.4) is 0 Å². The molecule has 0 aromatic heterocycles. The average molecular weight is 222 g/mol. The van der Waals surface area contributed by atoms with Crippen molar-refractivity contribution >= 4 is 17.5 Å². The van der Waals surface area contributed by atoms with Crippen molar-refractivity contribution in [1.82, 2.24) is 5.32 Å². The van der Waals surface area contributed by atoms with Gasteiger partial charge in [-0.05, 0) is 27.7 Å². The molecule has 0 aliphatic rings. The fourth-order valence-corrected chi connectivity index (χ4v) is 1.06. The van der Waals surface area contributed by atoms with E-state index >= 15 is 0 Å². The molecule has 0 saturated heterocycles. The number of amides is 1. The van der Waals surface area contributed by atoms with Crippen molar-refractivity contribution in [3.05, 3.63) is 0 Å². The van der Waals surface area contributed by atoms with Crippen LogP contribution >= 0.6 is 11.6 Å². The van der Waals surface area contributed by atoms with Crippen LogP contribution in [0.5, 0.6) is 0 Å². The molecule has 0 fully saturated rings. The molecule has 0 unspecified atom stereocenters. The zero-order valence-corrected chi connectivity index (χ0v) is 10.4. The van der Waals surface area contributed by atoms with Crippen molar-refractivity contribution in [3.8, 4) is 0 Å². The van der Waals surface area contributed by atoms with Crippen molar-refractivity contribution in [1.29, 1.82) is 0 Å². The largest absolute Gasteiger partial charge is 0.382 e. The number of ether oxygens (including phenoxy) is 1. The van der Waals surface area contributed by atoms with Crippen molar-refractivity contribution < 1.29 is 9.53 Å². The van der Waals surface area contributed by atoms with Gasteiger partial charge in [-0.25, -0.2) is 0 Å². The van der Waals surface area contributed by atoms with Gasteiger partial charge in [0.1, 0.15) is 0 Å². The Kier molecular flexibility index (Phi) is 4.89. The molecule has 0 saturated carbocycles. The van der Waals surface area contributed by atoms with Gasteiger partial charge in [0.2, 0.25) is 5.91 Å². The first-order valence-electron chi connectivity index (χ1n) is 4.63. The summed E-state index contributed by atoms with van der Waals surface area (Å²) in [5.74, 6) is 0.261. The van der Waals surface area contributed by atoms with Gasteiger partial charge in [0.25, 0.3) is 0 Å². The molecule has 0 heterocycles. The highest BCUT2D eigenvalue weighted by Crippen LogP contribution is 2.18. The van der Waals surface area contributed by atoms with Crippen molar-refractivity contribution in [2.45, 2.75) is 33.2 Å². The van der Waals surface area contributed by atoms with Gasteiger partial charge in [-0.15, -0.1) is 11.6 Å². The molecular weight excluding hydrogens is 202 g/mol. The summed E-state index contributed by atoms with van der Waals surface area (Å²) in [5.41, 5.74) is -0.887. The van der Waals surface area contributed by atoms with E-state index in [9.17, 15) is 4.79 Å². The Hall–Kier alpha value is -0.280. The molecule has 4 heteroatoms. The summed E-state index contributed by atoms with van der Waals surface area (Å²) in [4.78, 5) is 11.7. The standard InChI is InChI=1S/C10H20ClNO2/c1-9(2,6-11)8(13)12-10(3,4)7-14-5/h6-7H2,1-5H3,(H,12,13). The van der Waals surface area contributed by atoms with Crippen LogP contribution in [0, 0.1) is 5.41 Å². The van der Waals surface area contributed by atoms with Gasteiger partial charge in [-0.1, -0.05) is 0 Å².